The monoisotopic (exact) mass is 316 g/mol. The Balaban J connectivity index is 2.32. The van der Waals surface area contributed by atoms with Crippen LogP contribution in [0.15, 0.2) is 29.3 Å². The summed E-state index contributed by atoms with van der Waals surface area (Å²) in [5, 5.41) is 5.65. The lowest BCUT2D eigenvalue weighted by Crippen LogP contribution is -2.39. The molecule has 0 aromatic heterocycles. The number of nitrogens with zero attached hydrogens (tertiary/aromatic N) is 2. The van der Waals surface area contributed by atoms with E-state index < -0.39 is 12.6 Å². The van der Waals surface area contributed by atoms with Crippen LogP contribution in [0.25, 0.3) is 0 Å². The van der Waals surface area contributed by atoms with Crippen molar-refractivity contribution in [1.82, 2.24) is 10.6 Å². The number of halogens is 3. The second kappa shape index (κ2) is 8.51. The number of hydrogen-bond donors (Lipinski definition) is 2. The van der Waals surface area contributed by atoms with Gasteiger partial charge in [-0.05, 0) is 24.1 Å². The van der Waals surface area contributed by atoms with Crippen LogP contribution in [0.5, 0.6) is 0 Å². The van der Waals surface area contributed by atoms with Crippen LogP contribution in [0.1, 0.15) is 12.0 Å². The Kier molecular flexibility index (Phi) is 7.01. The van der Waals surface area contributed by atoms with E-state index in [-0.39, 0.29) is 6.54 Å². The predicted molar refractivity (Wildman–Crippen MR) is 84.5 cm³/mol. The number of guanidine groups is 1. The number of benzene rings is 1. The van der Waals surface area contributed by atoms with Crippen LogP contribution in [-0.2, 0) is 6.42 Å². The number of hydrogen-bond acceptors (Lipinski definition) is 2. The molecule has 0 bridgehead atoms. The van der Waals surface area contributed by atoms with Gasteiger partial charge in [-0.1, -0.05) is 12.1 Å². The summed E-state index contributed by atoms with van der Waals surface area (Å²) < 4.78 is 36.2. The van der Waals surface area contributed by atoms with Crippen molar-refractivity contribution in [3.63, 3.8) is 0 Å². The van der Waals surface area contributed by atoms with E-state index in [1.165, 1.54) is 7.05 Å². The van der Waals surface area contributed by atoms with Crippen molar-refractivity contribution in [2.24, 2.45) is 4.99 Å². The molecule has 0 aliphatic heterocycles. The number of anilines is 1. The van der Waals surface area contributed by atoms with Gasteiger partial charge in [-0.2, -0.15) is 13.2 Å². The quantitative estimate of drug-likeness (QED) is 0.625. The highest BCUT2D eigenvalue weighted by Gasteiger charge is 2.26. The molecule has 1 rings (SSSR count). The zero-order valence-corrected chi connectivity index (χ0v) is 13.2. The zero-order valence-electron chi connectivity index (χ0n) is 13.2. The Morgan fingerprint density at radius 1 is 1.09 bits per heavy atom. The molecule has 2 N–H and O–H groups in total. The average molecular weight is 316 g/mol. The minimum absolute atomic E-state index is 0.180. The first-order valence-electron chi connectivity index (χ1n) is 7.09. The molecule has 0 atom stereocenters. The third kappa shape index (κ3) is 7.19. The highest BCUT2D eigenvalue weighted by Crippen LogP contribution is 2.18. The lowest BCUT2D eigenvalue weighted by atomic mass is 10.1. The topological polar surface area (TPSA) is 39.7 Å². The van der Waals surface area contributed by atoms with Gasteiger partial charge in [0, 0.05) is 39.9 Å². The highest BCUT2D eigenvalue weighted by atomic mass is 19.4. The van der Waals surface area contributed by atoms with E-state index in [9.17, 15) is 13.2 Å². The summed E-state index contributed by atoms with van der Waals surface area (Å²) in [6, 6.07) is 8.14. The summed E-state index contributed by atoms with van der Waals surface area (Å²) in [5.41, 5.74) is 2.28. The van der Waals surface area contributed by atoms with Crippen LogP contribution in [0.3, 0.4) is 0 Å². The molecule has 0 saturated carbocycles. The SMILES string of the molecule is CN=C(NCCc1ccc(N(C)C)cc1)NCCC(F)(F)F. The number of rotatable bonds is 6. The van der Waals surface area contributed by atoms with Gasteiger partial charge >= 0.3 is 6.18 Å². The van der Waals surface area contributed by atoms with Crippen molar-refractivity contribution in [3.8, 4) is 0 Å². The van der Waals surface area contributed by atoms with Gasteiger partial charge in [0.05, 0.1) is 6.42 Å². The maximum atomic E-state index is 12.1. The largest absolute Gasteiger partial charge is 0.390 e. The van der Waals surface area contributed by atoms with Gasteiger partial charge in [0.1, 0.15) is 0 Å². The van der Waals surface area contributed by atoms with Gasteiger partial charge < -0.3 is 15.5 Å². The van der Waals surface area contributed by atoms with Crippen LogP contribution in [0, 0.1) is 0 Å². The third-order valence-corrected chi connectivity index (χ3v) is 3.08. The predicted octanol–water partition coefficient (Wildman–Crippen LogP) is 2.41. The fourth-order valence-electron chi connectivity index (χ4n) is 1.83. The molecule has 0 heterocycles. The van der Waals surface area contributed by atoms with Gasteiger partial charge in [-0.3, -0.25) is 4.99 Å². The fourth-order valence-corrected chi connectivity index (χ4v) is 1.83. The van der Waals surface area contributed by atoms with E-state index in [4.69, 9.17) is 0 Å². The normalized spacial score (nSPS) is 12.2. The van der Waals surface area contributed by atoms with E-state index in [0.29, 0.717) is 12.5 Å². The smallest absolute Gasteiger partial charge is 0.378 e. The Hall–Kier alpha value is -1.92. The van der Waals surface area contributed by atoms with Crippen molar-refractivity contribution < 1.29 is 13.2 Å². The molecule has 0 aliphatic carbocycles. The van der Waals surface area contributed by atoms with Crippen molar-refractivity contribution in [1.29, 1.82) is 0 Å². The number of alkyl halides is 3. The molecule has 0 aliphatic rings. The Morgan fingerprint density at radius 3 is 2.18 bits per heavy atom. The summed E-state index contributed by atoms with van der Waals surface area (Å²) >= 11 is 0. The summed E-state index contributed by atoms with van der Waals surface area (Å²) in [6.07, 6.45) is -4.26. The summed E-state index contributed by atoms with van der Waals surface area (Å²) in [5.74, 6) is 0.383. The van der Waals surface area contributed by atoms with Crippen molar-refractivity contribution in [2.75, 3.05) is 39.1 Å². The molecule has 0 radical (unpaired) electrons. The summed E-state index contributed by atoms with van der Waals surface area (Å²) in [4.78, 5) is 5.92. The molecule has 124 valence electrons. The molecule has 4 nitrogen and oxygen atoms in total. The first-order chi connectivity index (χ1) is 10.3. The lowest BCUT2D eigenvalue weighted by Gasteiger charge is -2.14. The van der Waals surface area contributed by atoms with Gasteiger partial charge in [0.15, 0.2) is 5.96 Å². The zero-order chi connectivity index (χ0) is 16.6. The van der Waals surface area contributed by atoms with Crippen molar-refractivity contribution in [2.45, 2.75) is 19.0 Å². The molecule has 0 amide bonds. The van der Waals surface area contributed by atoms with Gasteiger partial charge in [0.25, 0.3) is 0 Å². The maximum Gasteiger partial charge on any atom is 0.390 e. The second-order valence-corrected chi connectivity index (χ2v) is 5.10. The standard InChI is InChI=1S/C15H23F3N4/c1-19-14(21-11-9-15(16,17)18)20-10-8-12-4-6-13(7-5-12)22(2)3/h4-7H,8-11H2,1-3H3,(H2,19,20,21). The Labute approximate surface area is 129 Å². The van der Waals surface area contributed by atoms with Crippen LogP contribution in [-0.4, -0.2) is 46.4 Å². The van der Waals surface area contributed by atoms with Crippen molar-refractivity contribution >= 4 is 11.6 Å². The van der Waals surface area contributed by atoms with E-state index in [0.717, 1.165) is 17.7 Å². The molecule has 0 spiro atoms. The van der Waals surface area contributed by atoms with E-state index >= 15 is 0 Å². The van der Waals surface area contributed by atoms with E-state index in [1.807, 2.05) is 43.3 Å². The van der Waals surface area contributed by atoms with E-state index in [2.05, 4.69) is 15.6 Å². The summed E-state index contributed by atoms with van der Waals surface area (Å²) in [6.45, 7) is 0.424. The fraction of sp³-hybridized carbons (Fsp3) is 0.533. The average Bonchev–Trinajstić information content (AvgIpc) is 2.45. The molecular weight excluding hydrogens is 293 g/mol. The molecule has 22 heavy (non-hydrogen) atoms. The van der Waals surface area contributed by atoms with E-state index in [1.54, 1.807) is 0 Å². The first kappa shape index (κ1) is 18.1. The maximum absolute atomic E-state index is 12.1. The molecule has 7 heteroatoms. The minimum atomic E-state index is -4.15. The Morgan fingerprint density at radius 2 is 1.68 bits per heavy atom. The van der Waals surface area contributed by atoms with Gasteiger partial charge in [0.2, 0.25) is 0 Å². The first-order valence-corrected chi connectivity index (χ1v) is 7.09. The van der Waals surface area contributed by atoms with Crippen LogP contribution in [0.2, 0.25) is 0 Å². The van der Waals surface area contributed by atoms with Gasteiger partial charge in [-0.15, -0.1) is 0 Å². The van der Waals surface area contributed by atoms with Crippen LogP contribution >= 0.6 is 0 Å². The third-order valence-electron chi connectivity index (χ3n) is 3.08. The lowest BCUT2D eigenvalue weighted by molar-refractivity contribution is -0.132. The second-order valence-electron chi connectivity index (χ2n) is 5.10. The molecule has 0 unspecified atom stereocenters. The highest BCUT2D eigenvalue weighted by molar-refractivity contribution is 5.79. The van der Waals surface area contributed by atoms with Crippen molar-refractivity contribution in [3.05, 3.63) is 29.8 Å². The van der Waals surface area contributed by atoms with Crippen LogP contribution in [0.4, 0.5) is 18.9 Å². The van der Waals surface area contributed by atoms with Gasteiger partial charge in [-0.25, -0.2) is 0 Å². The van der Waals surface area contributed by atoms with Crippen LogP contribution < -0.4 is 15.5 Å². The molecule has 0 saturated heterocycles. The number of aliphatic imine (C=N–C) groups is 1. The minimum Gasteiger partial charge on any atom is -0.378 e. The summed E-state index contributed by atoms with van der Waals surface area (Å²) in [7, 11) is 5.50. The molecule has 1 aromatic carbocycles. The molecular formula is C15H23F3N4. The Bertz CT molecular complexity index is 467. The molecule has 0 fully saturated rings. The number of nitrogens with one attached hydrogen (secondary N) is 2. The molecule has 1 aromatic rings.